The first kappa shape index (κ1) is 24.8. The molecule has 174 valence electrons. The number of hydrogen-bond donors (Lipinski definition) is 4. The van der Waals surface area contributed by atoms with E-state index in [2.05, 4.69) is 20.6 Å². The van der Waals surface area contributed by atoms with Crippen molar-refractivity contribution in [2.45, 2.75) is 6.92 Å². The van der Waals surface area contributed by atoms with E-state index in [1.807, 2.05) is 31.2 Å². The molecule has 1 heterocycles. The fourth-order valence-electron chi connectivity index (χ4n) is 2.45. The molecule has 0 aliphatic heterocycles. The second-order valence-corrected chi connectivity index (χ2v) is 6.70. The smallest absolute Gasteiger partial charge is 0.193 e. The molecule has 1 aromatic carbocycles. The number of aliphatic imine (C=N–C) groups is 1. The Hall–Kier alpha value is -3.50. The van der Waals surface area contributed by atoms with E-state index in [9.17, 15) is 0 Å². The van der Waals surface area contributed by atoms with Crippen LogP contribution >= 0.6 is 0 Å². The highest BCUT2D eigenvalue weighted by molar-refractivity contribution is 5.92. The summed E-state index contributed by atoms with van der Waals surface area (Å²) in [5, 5.41) is 6.09. The SMILES string of the molecule is COCCOc1ccc(NC(N)=NCC(C)=C(N)Nc2ccccn2)cc1OCCOC. The molecular formula is C22H32N6O4. The first-order valence-electron chi connectivity index (χ1n) is 10.1. The van der Waals surface area contributed by atoms with E-state index in [0.29, 0.717) is 61.8 Å². The van der Waals surface area contributed by atoms with E-state index in [-0.39, 0.29) is 5.96 Å². The van der Waals surface area contributed by atoms with Gasteiger partial charge in [0, 0.05) is 32.2 Å². The number of guanidine groups is 1. The van der Waals surface area contributed by atoms with Crippen LogP contribution in [0, 0.1) is 0 Å². The molecule has 32 heavy (non-hydrogen) atoms. The summed E-state index contributed by atoms with van der Waals surface area (Å²) >= 11 is 0. The highest BCUT2D eigenvalue weighted by atomic mass is 16.5. The van der Waals surface area contributed by atoms with Crippen LogP contribution in [0.25, 0.3) is 0 Å². The predicted octanol–water partition coefficient (Wildman–Crippen LogP) is 2.16. The molecule has 1 aromatic heterocycles. The summed E-state index contributed by atoms with van der Waals surface area (Å²) in [5.74, 6) is 2.55. The van der Waals surface area contributed by atoms with Crippen molar-refractivity contribution in [3.8, 4) is 11.5 Å². The summed E-state index contributed by atoms with van der Waals surface area (Å²) in [6.07, 6.45) is 1.69. The number of nitrogens with zero attached hydrogens (tertiary/aromatic N) is 2. The molecule has 0 unspecified atom stereocenters. The van der Waals surface area contributed by atoms with Crippen molar-refractivity contribution < 1.29 is 18.9 Å². The number of nitrogens with one attached hydrogen (secondary N) is 2. The molecule has 0 atom stereocenters. The van der Waals surface area contributed by atoms with Gasteiger partial charge in [-0.15, -0.1) is 0 Å². The van der Waals surface area contributed by atoms with Crippen LogP contribution in [0.2, 0.25) is 0 Å². The molecular weight excluding hydrogens is 412 g/mol. The Morgan fingerprint density at radius 2 is 1.66 bits per heavy atom. The van der Waals surface area contributed by atoms with Gasteiger partial charge in [-0.25, -0.2) is 9.98 Å². The molecule has 0 aliphatic carbocycles. The van der Waals surface area contributed by atoms with Crippen molar-refractivity contribution in [3.63, 3.8) is 0 Å². The zero-order chi connectivity index (χ0) is 23.2. The lowest BCUT2D eigenvalue weighted by molar-refractivity contribution is 0.132. The standard InChI is InChI=1S/C22H32N6O4/c1-16(21(23)28-20-6-4-5-9-25-20)15-26-22(24)27-17-7-8-18(31-12-10-29-2)19(14-17)32-13-11-30-3/h4-9,14H,10-13,15,23H2,1-3H3,(H,25,28)(H3,24,26,27). The topological polar surface area (TPSA) is 138 Å². The van der Waals surface area contributed by atoms with Crippen LogP contribution in [0.3, 0.4) is 0 Å². The quantitative estimate of drug-likeness (QED) is 0.208. The lowest BCUT2D eigenvalue weighted by Crippen LogP contribution is -2.23. The number of aromatic nitrogens is 1. The van der Waals surface area contributed by atoms with Gasteiger partial charge in [-0.2, -0.15) is 0 Å². The first-order chi connectivity index (χ1) is 15.5. The fraction of sp³-hybridized carbons (Fsp3) is 0.364. The Morgan fingerprint density at radius 1 is 0.938 bits per heavy atom. The molecule has 0 aliphatic rings. The zero-order valence-electron chi connectivity index (χ0n) is 18.8. The predicted molar refractivity (Wildman–Crippen MR) is 126 cm³/mol. The third-order valence-corrected chi connectivity index (χ3v) is 4.18. The van der Waals surface area contributed by atoms with Crippen LogP contribution in [0.5, 0.6) is 11.5 Å². The molecule has 0 fully saturated rings. The molecule has 0 saturated carbocycles. The van der Waals surface area contributed by atoms with Gasteiger partial charge in [-0.05, 0) is 36.8 Å². The average molecular weight is 445 g/mol. The van der Waals surface area contributed by atoms with Gasteiger partial charge >= 0.3 is 0 Å². The van der Waals surface area contributed by atoms with Crippen LogP contribution in [-0.2, 0) is 9.47 Å². The van der Waals surface area contributed by atoms with Crippen LogP contribution < -0.4 is 31.6 Å². The van der Waals surface area contributed by atoms with Gasteiger partial charge in [-0.3, -0.25) is 0 Å². The third-order valence-electron chi connectivity index (χ3n) is 4.18. The van der Waals surface area contributed by atoms with Gasteiger partial charge in [0.1, 0.15) is 24.9 Å². The van der Waals surface area contributed by atoms with Crippen molar-refractivity contribution in [1.29, 1.82) is 0 Å². The number of pyridine rings is 1. The van der Waals surface area contributed by atoms with Gasteiger partial charge in [0.25, 0.3) is 0 Å². The Labute approximate surface area is 188 Å². The van der Waals surface area contributed by atoms with Gasteiger partial charge < -0.3 is 41.0 Å². The van der Waals surface area contributed by atoms with Crippen molar-refractivity contribution in [2.75, 3.05) is 57.8 Å². The minimum absolute atomic E-state index is 0.242. The summed E-state index contributed by atoms with van der Waals surface area (Å²) in [5.41, 5.74) is 13.7. The minimum Gasteiger partial charge on any atom is -0.487 e. The van der Waals surface area contributed by atoms with Crippen molar-refractivity contribution in [1.82, 2.24) is 4.98 Å². The van der Waals surface area contributed by atoms with E-state index < -0.39 is 0 Å². The molecule has 2 aromatic rings. The first-order valence-corrected chi connectivity index (χ1v) is 10.1. The summed E-state index contributed by atoms with van der Waals surface area (Å²) in [6.45, 7) is 3.92. The number of benzene rings is 1. The van der Waals surface area contributed by atoms with E-state index >= 15 is 0 Å². The summed E-state index contributed by atoms with van der Waals surface area (Å²) in [6, 6.07) is 11.0. The van der Waals surface area contributed by atoms with Crippen molar-refractivity contribution in [2.24, 2.45) is 16.5 Å². The molecule has 6 N–H and O–H groups in total. The lowest BCUT2D eigenvalue weighted by atomic mass is 10.2. The van der Waals surface area contributed by atoms with Crippen LogP contribution in [-0.4, -0.2) is 58.1 Å². The minimum atomic E-state index is 0.242. The second kappa shape index (κ2) is 13.7. The van der Waals surface area contributed by atoms with Gasteiger partial charge in [0.05, 0.1) is 19.8 Å². The number of methoxy groups -OCH3 is 2. The zero-order valence-corrected chi connectivity index (χ0v) is 18.8. The largest absolute Gasteiger partial charge is 0.487 e. The number of hydrogen-bond acceptors (Lipinski definition) is 8. The van der Waals surface area contributed by atoms with Crippen molar-refractivity contribution in [3.05, 3.63) is 54.0 Å². The van der Waals surface area contributed by atoms with E-state index in [1.165, 1.54) is 0 Å². The summed E-state index contributed by atoms with van der Waals surface area (Å²) < 4.78 is 21.5. The molecule has 0 amide bonds. The Kier molecular flexibility index (Phi) is 10.6. The Balaban J connectivity index is 2.01. The monoisotopic (exact) mass is 444 g/mol. The number of anilines is 2. The normalized spacial score (nSPS) is 12.2. The number of ether oxygens (including phenoxy) is 4. The van der Waals surface area contributed by atoms with Gasteiger partial charge in [-0.1, -0.05) is 6.07 Å². The Bertz CT molecular complexity index is 889. The fourth-order valence-corrected chi connectivity index (χ4v) is 2.45. The number of rotatable bonds is 13. The van der Waals surface area contributed by atoms with E-state index in [0.717, 1.165) is 5.57 Å². The summed E-state index contributed by atoms with van der Waals surface area (Å²) in [7, 11) is 3.23. The second-order valence-electron chi connectivity index (χ2n) is 6.70. The van der Waals surface area contributed by atoms with Crippen LogP contribution in [0.15, 0.2) is 59.0 Å². The molecule has 0 radical (unpaired) electrons. The maximum atomic E-state index is 6.08. The maximum Gasteiger partial charge on any atom is 0.193 e. The van der Waals surface area contributed by atoms with Crippen LogP contribution in [0.4, 0.5) is 11.5 Å². The van der Waals surface area contributed by atoms with E-state index in [1.54, 1.807) is 32.5 Å². The highest BCUT2D eigenvalue weighted by Crippen LogP contribution is 2.30. The maximum absolute atomic E-state index is 6.08. The summed E-state index contributed by atoms with van der Waals surface area (Å²) in [4.78, 5) is 8.53. The molecule has 10 heteroatoms. The Morgan fingerprint density at radius 3 is 2.31 bits per heavy atom. The molecule has 0 spiro atoms. The van der Waals surface area contributed by atoms with Gasteiger partial charge in [0.15, 0.2) is 17.5 Å². The number of nitrogens with two attached hydrogens (primary N) is 2. The lowest BCUT2D eigenvalue weighted by Gasteiger charge is -2.15. The highest BCUT2D eigenvalue weighted by Gasteiger charge is 2.08. The molecule has 10 nitrogen and oxygen atoms in total. The molecule has 0 saturated heterocycles. The van der Waals surface area contributed by atoms with Crippen molar-refractivity contribution >= 4 is 17.5 Å². The molecule has 0 bridgehead atoms. The molecule has 2 rings (SSSR count). The van der Waals surface area contributed by atoms with E-state index in [4.69, 9.17) is 30.4 Å². The van der Waals surface area contributed by atoms with Crippen LogP contribution in [0.1, 0.15) is 6.92 Å². The third kappa shape index (κ3) is 8.70. The average Bonchev–Trinajstić information content (AvgIpc) is 2.79. The van der Waals surface area contributed by atoms with Gasteiger partial charge in [0.2, 0.25) is 0 Å².